The van der Waals surface area contributed by atoms with Crippen molar-refractivity contribution in [1.82, 2.24) is 5.32 Å². The van der Waals surface area contributed by atoms with Gasteiger partial charge in [0.1, 0.15) is 0 Å². The van der Waals surface area contributed by atoms with Crippen molar-refractivity contribution in [3.63, 3.8) is 0 Å². The number of carbonyl (C=O) groups is 1. The topological polar surface area (TPSA) is 47.6 Å². The Morgan fingerprint density at radius 3 is 2.83 bits per heavy atom. The van der Waals surface area contributed by atoms with Gasteiger partial charge < -0.3 is 14.8 Å². The molecule has 4 nitrogen and oxygen atoms in total. The Morgan fingerprint density at radius 2 is 2.22 bits per heavy atom. The van der Waals surface area contributed by atoms with Gasteiger partial charge in [0, 0.05) is 18.9 Å². The zero-order valence-electron chi connectivity index (χ0n) is 10.9. The van der Waals surface area contributed by atoms with E-state index in [0.29, 0.717) is 19.6 Å². The standard InChI is InChI=1S/C14H19NO3/c1-3-6-18-13-7-10(4-5-12(13)17-2)11-8-14(16)15-9-11/h4-5,7,11H,3,6,8-9H2,1-2H3,(H,15,16)/t11-/m0/s1. The van der Waals surface area contributed by atoms with Crippen LogP contribution in [0.4, 0.5) is 0 Å². The summed E-state index contributed by atoms with van der Waals surface area (Å²) in [6.07, 6.45) is 1.51. The predicted molar refractivity (Wildman–Crippen MR) is 69.1 cm³/mol. The molecule has 1 heterocycles. The summed E-state index contributed by atoms with van der Waals surface area (Å²) in [5, 5.41) is 2.85. The highest BCUT2D eigenvalue weighted by Gasteiger charge is 2.23. The van der Waals surface area contributed by atoms with E-state index in [4.69, 9.17) is 9.47 Å². The van der Waals surface area contributed by atoms with Crippen LogP contribution >= 0.6 is 0 Å². The number of benzene rings is 1. The van der Waals surface area contributed by atoms with Crippen LogP contribution in [-0.4, -0.2) is 26.2 Å². The summed E-state index contributed by atoms with van der Waals surface area (Å²) < 4.78 is 10.9. The number of hydrogen-bond donors (Lipinski definition) is 1. The Balaban J connectivity index is 2.19. The number of methoxy groups -OCH3 is 1. The minimum Gasteiger partial charge on any atom is -0.493 e. The van der Waals surface area contributed by atoms with Crippen LogP contribution in [0.5, 0.6) is 11.5 Å². The number of ether oxygens (including phenoxy) is 2. The minimum absolute atomic E-state index is 0.117. The zero-order valence-corrected chi connectivity index (χ0v) is 10.9. The van der Waals surface area contributed by atoms with Crippen molar-refractivity contribution in [2.45, 2.75) is 25.7 Å². The Bertz CT molecular complexity index is 431. The molecule has 0 unspecified atom stereocenters. The Morgan fingerprint density at radius 1 is 1.39 bits per heavy atom. The van der Waals surface area contributed by atoms with E-state index < -0.39 is 0 Å². The molecule has 1 N–H and O–H groups in total. The lowest BCUT2D eigenvalue weighted by Crippen LogP contribution is -2.13. The van der Waals surface area contributed by atoms with E-state index in [1.54, 1.807) is 7.11 Å². The third-order valence-electron chi connectivity index (χ3n) is 3.10. The molecule has 0 bridgehead atoms. The number of nitrogens with one attached hydrogen (secondary N) is 1. The van der Waals surface area contributed by atoms with Crippen LogP contribution in [-0.2, 0) is 4.79 Å². The third kappa shape index (κ3) is 2.75. The molecule has 1 aromatic carbocycles. The molecule has 2 rings (SSSR count). The molecular formula is C14H19NO3. The molecule has 0 radical (unpaired) electrons. The normalized spacial score (nSPS) is 18.6. The van der Waals surface area contributed by atoms with E-state index in [-0.39, 0.29) is 11.8 Å². The second-order valence-electron chi connectivity index (χ2n) is 4.46. The maximum Gasteiger partial charge on any atom is 0.220 e. The van der Waals surface area contributed by atoms with Crippen LogP contribution < -0.4 is 14.8 Å². The van der Waals surface area contributed by atoms with Gasteiger partial charge in [0.15, 0.2) is 11.5 Å². The van der Waals surface area contributed by atoms with E-state index in [2.05, 4.69) is 12.2 Å². The van der Waals surface area contributed by atoms with Gasteiger partial charge in [-0.1, -0.05) is 13.0 Å². The monoisotopic (exact) mass is 249 g/mol. The molecule has 1 aliphatic heterocycles. The molecule has 1 fully saturated rings. The summed E-state index contributed by atoms with van der Waals surface area (Å²) in [6.45, 7) is 3.44. The van der Waals surface area contributed by atoms with E-state index in [0.717, 1.165) is 23.5 Å². The van der Waals surface area contributed by atoms with Gasteiger partial charge in [-0.2, -0.15) is 0 Å². The van der Waals surface area contributed by atoms with Crippen molar-refractivity contribution < 1.29 is 14.3 Å². The fourth-order valence-corrected chi connectivity index (χ4v) is 2.11. The first-order valence-electron chi connectivity index (χ1n) is 6.32. The smallest absolute Gasteiger partial charge is 0.220 e. The first-order chi connectivity index (χ1) is 8.74. The quantitative estimate of drug-likeness (QED) is 0.869. The predicted octanol–water partition coefficient (Wildman–Crippen LogP) is 2.09. The summed E-state index contributed by atoms with van der Waals surface area (Å²) in [4.78, 5) is 11.2. The van der Waals surface area contributed by atoms with Gasteiger partial charge in [-0.05, 0) is 24.1 Å². The molecule has 1 amide bonds. The SMILES string of the molecule is CCCOc1cc([C@@H]2CNC(=O)C2)ccc1OC. The number of carbonyl (C=O) groups excluding carboxylic acids is 1. The third-order valence-corrected chi connectivity index (χ3v) is 3.10. The lowest BCUT2D eigenvalue weighted by atomic mass is 9.98. The zero-order chi connectivity index (χ0) is 13.0. The van der Waals surface area contributed by atoms with Gasteiger partial charge >= 0.3 is 0 Å². The Hall–Kier alpha value is -1.71. The van der Waals surface area contributed by atoms with Crippen LogP contribution in [0.1, 0.15) is 31.2 Å². The van der Waals surface area contributed by atoms with Crippen molar-refractivity contribution in [3.05, 3.63) is 23.8 Å². The van der Waals surface area contributed by atoms with E-state index in [9.17, 15) is 4.79 Å². The Kier molecular flexibility index (Phi) is 4.07. The summed E-state index contributed by atoms with van der Waals surface area (Å²) in [5.74, 6) is 1.86. The number of amides is 1. The van der Waals surface area contributed by atoms with Crippen LogP contribution in [0.15, 0.2) is 18.2 Å². The lowest BCUT2D eigenvalue weighted by Gasteiger charge is -2.14. The molecule has 0 aliphatic carbocycles. The molecule has 1 saturated heterocycles. The van der Waals surface area contributed by atoms with E-state index in [1.807, 2.05) is 18.2 Å². The molecule has 0 spiro atoms. The van der Waals surface area contributed by atoms with Crippen molar-refractivity contribution in [2.75, 3.05) is 20.3 Å². The van der Waals surface area contributed by atoms with Crippen molar-refractivity contribution >= 4 is 5.91 Å². The molecule has 1 aliphatic rings. The average molecular weight is 249 g/mol. The summed E-state index contributed by atoms with van der Waals surface area (Å²) >= 11 is 0. The van der Waals surface area contributed by atoms with E-state index >= 15 is 0 Å². The largest absolute Gasteiger partial charge is 0.493 e. The molecular weight excluding hydrogens is 230 g/mol. The van der Waals surface area contributed by atoms with Gasteiger partial charge in [0.2, 0.25) is 5.91 Å². The van der Waals surface area contributed by atoms with Crippen molar-refractivity contribution in [1.29, 1.82) is 0 Å². The summed E-state index contributed by atoms with van der Waals surface area (Å²) in [6, 6.07) is 5.89. The number of rotatable bonds is 5. The summed E-state index contributed by atoms with van der Waals surface area (Å²) in [5.41, 5.74) is 1.13. The van der Waals surface area contributed by atoms with Gasteiger partial charge in [0.05, 0.1) is 13.7 Å². The first kappa shape index (κ1) is 12.7. The van der Waals surface area contributed by atoms with Gasteiger partial charge in [-0.3, -0.25) is 4.79 Å². The average Bonchev–Trinajstić information content (AvgIpc) is 2.82. The molecule has 4 heteroatoms. The van der Waals surface area contributed by atoms with Crippen molar-refractivity contribution in [3.8, 4) is 11.5 Å². The fraction of sp³-hybridized carbons (Fsp3) is 0.500. The van der Waals surface area contributed by atoms with Gasteiger partial charge in [-0.25, -0.2) is 0 Å². The van der Waals surface area contributed by atoms with Crippen molar-refractivity contribution in [2.24, 2.45) is 0 Å². The van der Waals surface area contributed by atoms with Gasteiger partial charge in [0.25, 0.3) is 0 Å². The molecule has 98 valence electrons. The van der Waals surface area contributed by atoms with Gasteiger partial charge in [-0.15, -0.1) is 0 Å². The lowest BCUT2D eigenvalue weighted by molar-refractivity contribution is -0.119. The molecule has 0 aromatic heterocycles. The van der Waals surface area contributed by atoms with Crippen LogP contribution in [0.25, 0.3) is 0 Å². The molecule has 18 heavy (non-hydrogen) atoms. The maximum atomic E-state index is 11.2. The second kappa shape index (κ2) is 5.76. The highest BCUT2D eigenvalue weighted by Crippen LogP contribution is 2.33. The minimum atomic E-state index is 0.117. The molecule has 1 atom stereocenters. The summed E-state index contributed by atoms with van der Waals surface area (Å²) in [7, 11) is 1.63. The van der Waals surface area contributed by atoms with Crippen LogP contribution in [0.2, 0.25) is 0 Å². The van der Waals surface area contributed by atoms with E-state index in [1.165, 1.54) is 0 Å². The fourth-order valence-electron chi connectivity index (χ4n) is 2.11. The maximum absolute atomic E-state index is 11.2. The second-order valence-corrected chi connectivity index (χ2v) is 4.46. The molecule has 0 saturated carbocycles. The Labute approximate surface area is 107 Å². The number of hydrogen-bond acceptors (Lipinski definition) is 3. The highest BCUT2D eigenvalue weighted by molar-refractivity contribution is 5.79. The highest BCUT2D eigenvalue weighted by atomic mass is 16.5. The van der Waals surface area contributed by atoms with Crippen LogP contribution in [0, 0.1) is 0 Å². The van der Waals surface area contributed by atoms with Crippen LogP contribution in [0.3, 0.4) is 0 Å². The molecule has 1 aromatic rings. The first-order valence-corrected chi connectivity index (χ1v) is 6.32.